The van der Waals surface area contributed by atoms with Crippen LogP contribution in [0, 0.1) is 5.92 Å². The fraction of sp³-hybridized carbons (Fsp3) is 0.800. The van der Waals surface area contributed by atoms with Crippen LogP contribution in [-0.2, 0) is 19.5 Å². The van der Waals surface area contributed by atoms with Gasteiger partial charge in [-0.05, 0) is 6.42 Å². The molecule has 3 N–H and O–H groups in total. The number of nitrogens with two attached hydrogens (primary N) is 1. The molecule has 10 nitrogen and oxygen atoms in total. The van der Waals surface area contributed by atoms with Crippen LogP contribution in [0.4, 0.5) is 4.79 Å². The van der Waals surface area contributed by atoms with Gasteiger partial charge in [-0.25, -0.2) is 4.79 Å². The van der Waals surface area contributed by atoms with Crippen LogP contribution in [0.5, 0.6) is 0 Å². The number of hydrogen-bond donors (Lipinski definition) is 2. The van der Waals surface area contributed by atoms with Crippen molar-refractivity contribution in [2.45, 2.75) is 18.5 Å². The highest BCUT2D eigenvalue weighted by Crippen LogP contribution is 2.38. The molecule has 0 radical (unpaired) electrons. The Hall–Kier alpha value is -1.43. The zero-order valence-corrected chi connectivity index (χ0v) is 11.9. The molecule has 3 aliphatic rings. The molecule has 3 fully saturated rings. The molecule has 3 aliphatic heterocycles. The molecule has 0 aromatic rings. The highest BCUT2D eigenvalue weighted by Gasteiger charge is 2.57. The second kappa shape index (κ2) is 4.80. The van der Waals surface area contributed by atoms with Crippen LogP contribution in [-0.4, -0.2) is 78.0 Å². The van der Waals surface area contributed by atoms with Gasteiger partial charge in [0, 0.05) is 32.1 Å². The largest absolute Gasteiger partial charge is 0.418 e. The van der Waals surface area contributed by atoms with Crippen molar-refractivity contribution in [3.63, 3.8) is 0 Å². The Morgan fingerprint density at radius 1 is 1.33 bits per heavy atom. The van der Waals surface area contributed by atoms with Gasteiger partial charge < -0.3 is 15.5 Å². The molecule has 3 heterocycles. The second-order valence-corrected chi connectivity index (χ2v) is 6.43. The summed E-state index contributed by atoms with van der Waals surface area (Å²) in [6.07, 6.45) is 0.440. The third kappa shape index (κ3) is 2.35. The van der Waals surface area contributed by atoms with Crippen molar-refractivity contribution in [2.75, 3.05) is 26.2 Å². The van der Waals surface area contributed by atoms with E-state index < -0.39 is 28.5 Å². The number of piperidine rings is 1. The number of amides is 3. The fourth-order valence-electron chi connectivity index (χ4n) is 3.42. The third-order valence-electron chi connectivity index (χ3n) is 4.12. The molecule has 0 aliphatic carbocycles. The van der Waals surface area contributed by atoms with Crippen molar-refractivity contribution >= 4 is 22.3 Å². The smallest absolute Gasteiger partial charge is 0.339 e. The van der Waals surface area contributed by atoms with Crippen LogP contribution in [0.2, 0.25) is 0 Å². The number of likely N-dealkylation sites (tertiary alicyclic amines) is 1. The number of carbonyl (C=O) groups is 2. The summed E-state index contributed by atoms with van der Waals surface area (Å²) in [5, 5.41) is 0.647. The number of hydrogen-bond acceptors (Lipinski definition) is 6. The molecule has 3 atom stereocenters. The van der Waals surface area contributed by atoms with Crippen molar-refractivity contribution in [1.82, 2.24) is 14.9 Å². The Bertz CT molecular complexity index is 580. The maximum Gasteiger partial charge on any atom is 0.418 e. The molecule has 3 rings (SSSR count). The minimum atomic E-state index is -4.77. The molecule has 0 aromatic heterocycles. The summed E-state index contributed by atoms with van der Waals surface area (Å²) in [6.45, 7) is 1.47. The molecule has 21 heavy (non-hydrogen) atoms. The summed E-state index contributed by atoms with van der Waals surface area (Å²) in [5.74, 6) is -0.257. The minimum Gasteiger partial charge on any atom is -0.339 e. The average Bonchev–Trinajstić information content (AvgIpc) is 2.81. The summed E-state index contributed by atoms with van der Waals surface area (Å²) in [5.41, 5.74) is 5.46. The van der Waals surface area contributed by atoms with Crippen LogP contribution in [0.15, 0.2) is 0 Å². The molecule has 118 valence electrons. The Balaban J connectivity index is 1.81. The fourth-order valence-corrected chi connectivity index (χ4v) is 3.81. The lowest BCUT2D eigenvalue weighted by Gasteiger charge is -2.30. The van der Waals surface area contributed by atoms with Crippen LogP contribution in [0.25, 0.3) is 0 Å². The predicted molar refractivity (Wildman–Crippen MR) is 67.9 cm³/mol. The van der Waals surface area contributed by atoms with E-state index in [4.69, 9.17) is 10.3 Å². The summed E-state index contributed by atoms with van der Waals surface area (Å²) in [4.78, 5) is 27.4. The second-order valence-electron chi connectivity index (χ2n) is 5.43. The van der Waals surface area contributed by atoms with E-state index in [1.807, 2.05) is 0 Å². The predicted octanol–water partition coefficient (Wildman–Crippen LogP) is -1.98. The van der Waals surface area contributed by atoms with Crippen LogP contribution in [0.3, 0.4) is 0 Å². The first-order valence-corrected chi connectivity index (χ1v) is 7.94. The molecule has 0 spiro atoms. The van der Waals surface area contributed by atoms with Crippen molar-refractivity contribution in [2.24, 2.45) is 11.7 Å². The Morgan fingerprint density at radius 2 is 2.05 bits per heavy atom. The number of carbonyl (C=O) groups excluding carboxylic acids is 2. The molecule has 0 saturated carbocycles. The number of nitrogens with zero attached hydrogens (tertiary/aromatic N) is 3. The number of rotatable bonds is 4. The highest BCUT2D eigenvalue weighted by atomic mass is 32.3. The van der Waals surface area contributed by atoms with Gasteiger partial charge in [0.05, 0.1) is 6.04 Å². The van der Waals surface area contributed by atoms with Crippen molar-refractivity contribution < 1.29 is 26.8 Å². The first kappa shape index (κ1) is 14.5. The van der Waals surface area contributed by atoms with E-state index in [1.54, 1.807) is 4.90 Å². The lowest BCUT2D eigenvalue weighted by molar-refractivity contribution is -0.131. The lowest BCUT2D eigenvalue weighted by Crippen LogP contribution is -2.48. The van der Waals surface area contributed by atoms with E-state index in [0.717, 1.165) is 0 Å². The van der Waals surface area contributed by atoms with Crippen LogP contribution >= 0.6 is 0 Å². The first-order chi connectivity index (χ1) is 9.81. The zero-order chi connectivity index (χ0) is 15.4. The Morgan fingerprint density at radius 3 is 2.67 bits per heavy atom. The average molecular weight is 320 g/mol. The molecule has 11 heteroatoms. The van der Waals surface area contributed by atoms with Gasteiger partial charge in [0.2, 0.25) is 5.91 Å². The van der Waals surface area contributed by atoms with Crippen molar-refractivity contribution in [1.29, 1.82) is 0 Å². The van der Waals surface area contributed by atoms with E-state index in [9.17, 15) is 18.0 Å². The maximum atomic E-state index is 12.3. The quantitative estimate of drug-likeness (QED) is 0.573. The summed E-state index contributed by atoms with van der Waals surface area (Å²) in [7, 11) is -4.77. The van der Waals surface area contributed by atoms with Crippen LogP contribution < -0.4 is 5.73 Å². The third-order valence-corrected chi connectivity index (χ3v) is 4.47. The minimum absolute atomic E-state index is 0.0817. The van der Waals surface area contributed by atoms with Crippen molar-refractivity contribution in [3.05, 3.63) is 0 Å². The van der Waals surface area contributed by atoms with Gasteiger partial charge in [-0.2, -0.15) is 13.5 Å². The van der Waals surface area contributed by atoms with Gasteiger partial charge in [0.15, 0.2) is 0 Å². The van der Waals surface area contributed by atoms with Gasteiger partial charge in [0.1, 0.15) is 6.04 Å². The number of fused-ring (bicyclic) bond motifs is 4. The van der Waals surface area contributed by atoms with E-state index in [1.165, 1.54) is 4.90 Å². The number of urea groups is 1. The Labute approximate surface area is 121 Å². The first-order valence-electron chi connectivity index (χ1n) is 6.57. The maximum absolute atomic E-state index is 12.3. The molecular weight excluding hydrogens is 304 g/mol. The normalized spacial score (nSPS) is 32.1. The van der Waals surface area contributed by atoms with Gasteiger partial charge in [-0.3, -0.25) is 9.35 Å². The van der Waals surface area contributed by atoms with Gasteiger partial charge in [-0.15, -0.1) is 4.28 Å². The van der Waals surface area contributed by atoms with Crippen LogP contribution in [0.1, 0.15) is 6.42 Å². The standard InChI is InChI=1S/C10H16N4O6S/c11-1-2-12-4-6-3-7-5-13(8(6)9(12)15)10(16)14(7)20-21(17,18)19/h6-8H,1-5,11H2,(H,17,18,19). The molecular formula is C10H16N4O6S. The van der Waals surface area contributed by atoms with Gasteiger partial charge in [0.25, 0.3) is 0 Å². The monoisotopic (exact) mass is 320 g/mol. The zero-order valence-electron chi connectivity index (χ0n) is 11.1. The highest BCUT2D eigenvalue weighted by molar-refractivity contribution is 7.80. The summed E-state index contributed by atoms with van der Waals surface area (Å²) < 4.78 is 34.7. The topological polar surface area (TPSA) is 133 Å². The summed E-state index contributed by atoms with van der Waals surface area (Å²) in [6, 6.07) is -1.81. The van der Waals surface area contributed by atoms with Gasteiger partial charge >= 0.3 is 16.4 Å². The lowest BCUT2D eigenvalue weighted by atomic mass is 9.91. The van der Waals surface area contributed by atoms with E-state index in [0.29, 0.717) is 31.1 Å². The molecule has 3 amide bonds. The summed E-state index contributed by atoms with van der Waals surface area (Å²) >= 11 is 0. The SMILES string of the molecule is NCCN1CC2CC3CN(C(=O)N3OS(=O)(=O)O)C2C1=O. The van der Waals surface area contributed by atoms with E-state index >= 15 is 0 Å². The van der Waals surface area contributed by atoms with Gasteiger partial charge in [-0.1, -0.05) is 0 Å². The van der Waals surface area contributed by atoms with Crippen molar-refractivity contribution in [3.8, 4) is 0 Å². The van der Waals surface area contributed by atoms with E-state index in [-0.39, 0.29) is 18.4 Å². The molecule has 2 bridgehead atoms. The molecule has 3 unspecified atom stereocenters. The number of hydroxylamine groups is 2. The van der Waals surface area contributed by atoms with E-state index in [2.05, 4.69) is 4.28 Å². The molecule has 3 saturated heterocycles. The Kier molecular flexibility index (Phi) is 3.31. The molecule has 0 aromatic carbocycles.